The molecular weight excluding hydrogens is 566 g/mol. The minimum absolute atomic E-state index is 0.248. The van der Waals surface area contributed by atoms with E-state index in [2.05, 4.69) is 57.6 Å². The van der Waals surface area contributed by atoms with Crippen molar-refractivity contribution in [2.24, 2.45) is 5.16 Å². The van der Waals surface area contributed by atoms with Gasteiger partial charge in [-0.2, -0.15) is 5.10 Å². The van der Waals surface area contributed by atoms with Gasteiger partial charge in [-0.25, -0.2) is 14.7 Å². The van der Waals surface area contributed by atoms with Crippen LogP contribution in [0.4, 0.5) is 5.69 Å². The van der Waals surface area contributed by atoms with Gasteiger partial charge in [0.05, 0.1) is 22.5 Å². The van der Waals surface area contributed by atoms with Crippen LogP contribution in [0, 0.1) is 0 Å². The first-order valence-electron chi connectivity index (χ1n) is 15.0. The van der Waals surface area contributed by atoms with Crippen LogP contribution in [-0.2, 0) is 6.42 Å². The van der Waals surface area contributed by atoms with Crippen LogP contribution in [0.2, 0.25) is 0 Å². The Hall–Kier alpha value is -5.61. The molecule has 10 heteroatoms. The fourth-order valence-electron chi connectivity index (χ4n) is 6.59. The highest BCUT2D eigenvalue weighted by atomic mass is 16.4. The average Bonchev–Trinajstić information content (AvgIpc) is 3.80. The van der Waals surface area contributed by atoms with Crippen LogP contribution in [0.3, 0.4) is 0 Å². The second kappa shape index (κ2) is 10.8. The summed E-state index contributed by atoms with van der Waals surface area (Å²) in [4.78, 5) is 32.3. The van der Waals surface area contributed by atoms with E-state index in [0.717, 1.165) is 57.9 Å². The van der Waals surface area contributed by atoms with Crippen LogP contribution in [0.25, 0.3) is 28.1 Å². The molecule has 0 spiro atoms. The quantitative estimate of drug-likeness (QED) is 0.172. The Balaban J connectivity index is 1.03. The average molecular weight is 596 g/mol. The van der Waals surface area contributed by atoms with Crippen molar-refractivity contribution >= 4 is 23.2 Å². The number of hydrogen-bond donors (Lipinski definition) is 1. The van der Waals surface area contributed by atoms with E-state index in [1.54, 1.807) is 36.7 Å². The van der Waals surface area contributed by atoms with Crippen molar-refractivity contribution in [1.29, 1.82) is 0 Å². The number of oxime groups is 1. The predicted molar refractivity (Wildman–Crippen MR) is 170 cm³/mol. The predicted octanol–water partition coefficient (Wildman–Crippen LogP) is 5.06. The topological polar surface area (TPSA) is 107 Å². The summed E-state index contributed by atoms with van der Waals surface area (Å²) in [5, 5.41) is 21.0. The standard InChI is InChI=1S/C35H29N7O3/c43-34-29-3-1-2-4-30(29)35(44)42(34)40-19-17-39(18-20-40)26-7-9-27(10-8-26)41-22-31(33(37-41)23-13-15-36-16-14-23)25-5-11-28-24(21-25)6-12-32(28)38-45/h1-5,7-11,13-16,21-22,45H,6,12,17-20H2. The van der Waals surface area contributed by atoms with Gasteiger partial charge in [-0.15, -0.1) is 0 Å². The van der Waals surface area contributed by atoms with Crippen LogP contribution < -0.4 is 4.90 Å². The van der Waals surface area contributed by atoms with Crippen molar-refractivity contribution in [2.45, 2.75) is 12.8 Å². The monoisotopic (exact) mass is 595 g/mol. The van der Waals surface area contributed by atoms with Crippen LogP contribution in [0.15, 0.2) is 103 Å². The number of rotatable bonds is 5. The van der Waals surface area contributed by atoms with Crippen LogP contribution in [0.1, 0.15) is 38.3 Å². The number of amides is 2. The van der Waals surface area contributed by atoms with Crippen molar-refractivity contribution in [1.82, 2.24) is 24.8 Å². The minimum atomic E-state index is -0.248. The van der Waals surface area contributed by atoms with Crippen molar-refractivity contribution in [3.8, 4) is 28.1 Å². The molecule has 0 radical (unpaired) electrons. The summed E-state index contributed by atoms with van der Waals surface area (Å²) in [6.45, 7) is 2.51. The third-order valence-corrected chi connectivity index (χ3v) is 8.94. The Morgan fingerprint density at radius 3 is 2.07 bits per heavy atom. The second-order valence-corrected chi connectivity index (χ2v) is 11.4. The molecule has 3 aliphatic rings. The number of hydrazine groups is 1. The summed E-state index contributed by atoms with van der Waals surface area (Å²) >= 11 is 0. The van der Waals surface area contributed by atoms with Gasteiger partial charge in [0.15, 0.2) is 0 Å². The fraction of sp³-hybridized carbons (Fsp3) is 0.171. The van der Waals surface area contributed by atoms with Gasteiger partial charge >= 0.3 is 0 Å². The van der Waals surface area contributed by atoms with Crippen LogP contribution >= 0.6 is 0 Å². The second-order valence-electron chi connectivity index (χ2n) is 11.4. The molecule has 1 fully saturated rings. The molecule has 1 aliphatic carbocycles. The number of nitrogens with zero attached hydrogens (tertiary/aromatic N) is 7. The molecule has 3 aromatic carbocycles. The summed E-state index contributed by atoms with van der Waals surface area (Å²) < 4.78 is 1.91. The molecule has 10 nitrogen and oxygen atoms in total. The number of carbonyl (C=O) groups is 2. The molecule has 2 aromatic heterocycles. The van der Waals surface area contributed by atoms with Crippen molar-refractivity contribution in [3.63, 3.8) is 0 Å². The summed E-state index contributed by atoms with van der Waals surface area (Å²) in [5.74, 6) is -0.497. The summed E-state index contributed by atoms with van der Waals surface area (Å²) in [7, 11) is 0. The number of carbonyl (C=O) groups excluding carboxylic acids is 2. The maximum atomic E-state index is 12.9. The zero-order valence-electron chi connectivity index (χ0n) is 24.4. The molecule has 2 amide bonds. The molecule has 222 valence electrons. The Morgan fingerprint density at radius 2 is 1.38 bits per heavy atom. The summed E-state index contributed by atoms with van der Waals surface area (Å²) in [5.41, 5.74) is 9.73. The van der Waals surface area contributed by atoms with E-state index >= 15 is 0 Å². The molecule has 0 atom stereocenters. The lowest BCUT2D eigenvalue weighted by Gasteiger charge is -2.39. The number of hydrogen-bond acceptors (Lipinski definition) is 8. The number of pyridine rings is 1. The van der Waals surface area contributed by atoms with Crippen molar-refractivity contribution < 1.29 is 14.8 Å². The van der Waals surface area contributed by atoms with E-state index in [4.69, 9.17) is 5.10 Å². The van der Waals surface area contributed by atoms with E-state index in [1.165, 1.54) is 10.6 Å². The lowest BCUT2D eigenvalue weighted by atomic mass is 9.98. The Kier molecular flexibility index (Phi) is 6.49. The van der Waals surface area contributed by atoms with Gasteiger partial charge < -0.3 is 10.1 Å². The van der Waals surface area contributed by atoms with Crippen molar-refractivity contribution in [3.05, 3.63) is 120 Å². The fourth-order valence-corrected chi connectivity index (χ4v) is 6.59. The van der Waals surface area contributed by atoms with E-state index in [-0.39, 0.29) is 11.8 Å². The molecule has 0 saturated carbocycles. The Morgan fingerprint density at radius 1 is 0.689 bits per heavy atom. The van der Waals surface area contributed by atoms with Crippen molar-refractivity contribution in [2.75, 3.05) is 31.1 Å². The minimum Gasteiger partial charge on any atom is -0.411 e. The lowest BCUT2D eigenvalue weighted by molar-refractivity contribution is -0.000893. The number of anilines is 1. The highest BCUT2D eigenvalue weighted by Gasteiger charge is 2.40. The molecule has 0 bridgehead atoms. The number of benzene rings is 3. The van der Waals surface area contributed by atoms with Gasteiger partial charge in [0.25, 0.3) is 11.8 Å². The zero-order valence-corrected chi connectivity index (χ0v) is 24.4. The maximum absolute atomic E-state index is 12.9. The molecular formula is C35H29N7O3. The molecule has 5 aromatic rings. The Labute approximate surface area is 259 Å². The Bertz CT molecular complexity index is 1940. The lowest BCUT2D eigenvalue weighted by Crippen LogP contribution is -2.55. The first-order chi connectivity index (χ1) is 22.1. The van der Waals surface area contributed by atoms with E-state index < -0.39 is 0 Å². The number of aryl methyl sites for hydroxylation is 1. The van der Waals surface area contributed by atoms with Gasteiger partial charge in [0, 0.05) is 67.1 Å². The molecule has 1 saturated heterocycles. The smallest absolute Gasteiger partial charge is 0.276 e. The van der Waals surface area contributed by atoms with Gasteiger partial charge in [-0.3, -0.25) is 14.6 Å². The van der Waals surface area contributed by atoms with Gasteiger partial charge in [-0.1, -0.05) is 35.5 Å². The third-order valence-electron chi connectivity index (χ3n) is 8.94. The van der Waals surface area contributed by atoms with Crippen LogP contribution in [-0.4, -0.2) is 73.7 Å². The van der Waals surface area contributed by atoms with Gasteiger partial charge in [-0.05, 0) is 72.5 Å². The number of piperazine rings is 1. The molecule has 2 aliphatic heterocycles. The highest BCUT2D eigenvalue weighted by molar-refractivity contribution is 6.21. The number of aromatic nitrogens is 3. The van der Waals surface area contributed by atoms with Gasteiger partial charge in [0.1, 0.15) is 5.69 Å². The van der Waals surface area contributed by atoms with E-state index in [1.807, 2.05) is 27.9 Å². The molecule has 45 heavy (non-hydrogen) atoms. The third kappa shape index (κ3) is 4.58. The van der Waals surface area contributed by atoms with Crippen LogP contribution in [0.5, 0.6) is 0 Å². The largest absolute Gasteiger partial charge is 0.411 e. The molecule has 4 heterocycles. The number of imide groups is 1. The molecule has 8 rings (SSSR count). The van der Waals surface area contributed by atoms with E-state index in [0.29, 0.717) is 37.3 Å². The zero-order chi connectivity index (χ0) is 30.5. The van der Waals surface area contributed by atoms with Gasteiger partial charge in [0.2, 0.25) is 0 Å². The number of fused-ring (bicyclic) bond motifs is 2. The summed E-state index contributed by atoms with van der Waals surface area (Å²) in [6.07, 6.45) is 7.18. The molecule has 1 N–H and O–H groups in total. The first-order valence-corrected chi connectivity index (χ1v) is 15.0. The maximum Gasteiger partial charge on any atom is 0.276 e. The first kappa shape index (κ1) is 27.0. The highest BCUT2D eigenvalue weighted by Crippen LogP contribution is 2.35. The normalized spacial score (nSPS) is 17.3. The summed E-state index contributed by atoms with van der Waals surface area (Å²) in [6, 6.07) is 25.5. The molecule has 0 unspecified atom stereocenters. The van der Waals surface area contributed by atoms with E-state index in [9.17, 15) is 14.8 Å². The SMILES string of the molecule is O=C1c2ccccc2C(=O)N1N1CCN(c2ccc(-n3cc(-c4ccc5c(c4)CCC5=NO)c(-c4ccncc4)n3)cc2)CC1.